The van der Waals surface area contributed by atoms with Crippen molar-refractivity contribution in [3.63, 3.8) is 0 Å². The van der Waals surface area contributed by atoms with Crippen molar-refractivity contribution >= 4 is 22.0 Å². The van der Waals surface area contributed by atoms with Gasteiger partial charge in [0.05, 0.1) is 0 Å². The van der Waals surface area contributed by atoms with E-state index in [0.29, 0.717) is 15.4 Å². The molecule has 0 aliphatic carbocycles. The summed E-state index contributed by atoms with van der Waals surface area (Å²) in [5.41, 5.74) is 2.58. The van der Waals surface area contributed by atoms with E-state index in [9.17, 15) is 35.2 Å². The second kappa shape index (κ2) is 10.8. The molecule has 0 saturated carbocycles. The van der Waals surface area contributed by atoms with Gasteiger partial charge in [0.1, 0.15) is 10.7 Å². The van der Waals surface area contributed by atoms with Crippen LogP contribution in [0.4, 0.5) is 22.0 Å². The summed E-state index contributed by atoms with van der Waals surface area (Å²) in [5, 5.41) is 8.50. The molecule has 3 aromatic carbocycles. The van der Waals surface area contributed by atoms with Gasteiger partial charge < -0.3 is 0 Å². The molecular formula is C23H17F5N2O4S. The Morgan fingerprint density at radius 2 is 1.40 bits per heavy atom. The van der Waals surface area contributed by atoms with E-state index in [0.717, 1.165) is 18.2 Å². The molecule has 0 radical (unpaired) electrons. The fourth-order valence-corrected chi connectivity index (χ4v) is 4.53. The van der Waals surface area contributed by atoms with Crippen LogP contribution in [-0.2, 0) is 27.9 Å². The normalized spacial score (nSPS) is 11.9. The first kappa shape index (κ1) is 26.0. The predicted molar refractivity (Wildman–Crippen MR) is 115 cm³/mol. The van der Waals surface area contributed by atoms with Crippen molar-refractivity contribution in [2.45, 2.75) is 18.0 Å². The lowest BCUT2D eigenvalue weighted by Gasteiger charge is -2.23. The molecule has 3 aromatic rings. The smallest absolute Gasteiger partial charge is 0.267 e. The average Bonchev–Trinajstić information content (AvgIpc) is 2.84. The number of benzene rings is 3. The molecule has 0 atom stereocenters. The first-order valence-corrected chi connectivity index (χ1v) is 11.3. The Kier molecular flexibility index (Phi) is 7.99. The van der Waals surface area contributed by atoms with Crippen LogP contribution < -0.4 is 5.48 Å². The summed E-state index contributed by atoms with van der Waals surface area (Å²) in [6, 6.07) is 10.7. The molecule has 0 saturated heterocycles. The zero-order valence-electron chi connectivity index (χ0n) is 17.7. The van der Waals surface area contributed by atoms with Crippen LogP contribution in [-0.4, -0.2) is 23.8 Å². The second-order valence-electron chi connectivity index (χ2n) is 7.25. The molecule has 6 nitrogen and oxygen atoms in total. The van der Waals surface area contributed by atoms with Crippen molar-refractivity contribution < 1.29 is 40.4 Å². The van der Waals surface area contributed by atoms with E-state index in [4.69, 9.17) is 5.21 Å². The summed E-state index contributed by atoms with van der Waals surface area (Å²) in [6.07, 6.45) is 2.41. The topological polar surface area (TPSA) is 86.7 Å². The van der Waals surface area contributed by atoms with Crippen molar-refractivity contribution in [2.24, 2.45) is 0 Å². The van der Waals surface area contributed by atoms with Gasteiger partial charge in [0.2, 0.25) is 10.0 Å². The lowest BCUT2D eigenvalue weighted by molar-refractivity contribution is -0.124. The molecule has 0 aromatic heterocycles. The highest BCUT2D eigenvalue weighted by Crippen LogP contribution is 2.27. The van der Waals surface area contributed by atoms with Crippen LogP contribution in [0.3, 0.4) is 0 Å². The lowest BCUT2D eigenvalue weighted by atomic mass is 10.1. The molecule has 35 heavy (non-hydrogen) atoms. The van der Waals surface area contributed by atoms with Gasteiger partial charge in [0.25, 0.3) is 5.91 Å². The molecule has 184 valence electrons. The molecule has 0 spiro atoms. The van der Waals surface area contributed by atoms with Gasteiger partial charge >= 0.3 is 0 Å². The van der Waals surface area contributed by atoms with Crippen molar-refractivity contribution in [3.8, 4) is 0 Å². The van der Waals surface area contributed by atoms with Crippen molar-refractivity contribution in [1.29, 1.82) is 0 Å². The number of hydrogen-bond acceptors (Lipinski definition) is 4. The van der Waals surface area contributed by atoms with Crippen molar-refractivity contribution in [1.82, 2.24) is 9.79 Å². The Morgan fingerprint density at radius 1 is 0.857 bits per heavy atom. The van der Waals surface area contributed by atoms with Gasteiger partial charge in [-0.2, -0.15) is 4.31 Å². The quantitative estimate of drug-likeness (QED) is 0.118. The Hall–Kier alpha value is -3.61. The number of carbonyl (C=O) groups excluding carboxylic acids is 1. The number of amides is 1. The van der Waals surface area contributed by atoms with Gasteiger partial charge in [-0.1, -0.05) is 36.4 Å². The van der Waals surface area contributed by atoms with Crippen molar-refractivity contribution in [2.75, 3.05) is 0 Å². The van der Waals surface area contributed by atoms with Gasteiger partial charge in [-0.05, 0) is 34.9 Å². The van der Waals surface area contributed by atoms with E-state index in [1.807, 2.05) is 0 Å². The van der Waals surface area contributed by atoms with Gasteiger partial charge in [0, 0.05) is 25.2 Å². The fourth-order valence-electron chi connectivity index (χ4n) is 3.04. The third kappa shape index (κ3) is 6.10. The van der Waals surface area contributed by atoms with Crippen LogP contribution >= 0.6 is 0 Å². The summed E-state index contributed by atoms with van der Waals surface area (Å²) in [6.45, 7) is -0.831. The Bertz CT molecular complexity index is 1360. The summed E-state index contributed by atoms with van der Waals surface area (Å²) < 4.78 is 95.7. The van der Waals surface area contributed by atoms with Crippen LogP contribution in [0.15, 0.2) is 65.6 Å². The van der Waals surface area contributed by atoms with E-state index >= 15 is 0 Å². The maximum atomic E-state index is 14.4. The van der Waals surface area contributed by atoms with Crippen molar-refractivity contribution in [3.05, 3.63) is 106 Å². The van der Waals surface area contributed by atoms with Gasteiger partial charge in [-0.15, -0.1) is 0 Å². The Labute approximate surface area is 196 Å². The number of hydroxylamine groups is 1. The molecule has 2 N–H and O–H groups in total. The van der Waals surface area contributed by atoms with E-state index in [1.54, 1.807) is 0 Å². The zero-order valence-corrected chi connectivity index (χ0v) is 18.5. The molecule has 0 aliphatic heterocycles. The monoisotopic (exact) mass is 512 g/mol. The summed E-state index contributed by atoms with van der Waals surface area (Å²) in [4.78, 5) is 9.68. The minimum atomic E-state index is -4.91. The van der Waals surface area contributed by atoms with Crippen LogP contribution in [0.1, 0.15) is 16.7 Å². The molecule has 0 unspecified atom stereocenters. The highest BCUT2D eigenvalue weighted by atomic mass is 32.2. The molecule has 0 aliphatic rings. The largest absolute Gasteiger partial charge is 0.288 e. The molecule has 0 bridgehead atoms. The minimum absolute atomic E-state index is 0.0564. The van der Waals surface area contributed by atoms with Gasteiger partial charge in [0.15, 0.2) is 23.3 Å². The number of halogens is 5. The van der Waals surface area contributed by atoms with E-state index in [1.165, 1.54) is 48.0 Å². The number of hydrogen-bond donors (Lipinski definition) is 2. The maximum Gasteiger partial charge on any atom is 0.267 e. The average molecular weight is 512 g/mol. The molecule has 0 heterocycles. The number of sulfonamides is 1. The summed E-state index contributed by atoms with van der Waals surface area (Å²) in [5.74, 6) is -9.73. The van der Waals surface area contributed by atoms with Crippen LogP contribution in [0.25, 0.3) is 6.08 Å². The molecular weight excluding hydrogens is 495 g/mol. The van der Waals surface area contributed by atoms with E-state index in [-0.39, 0.29) is 11.6 Å². The van der Waals surface area contributed by atoms with E-state index in [2.05, 4.69) is 0 Å². The highest BCUT2D eigenvalue weighted by Gasteiger charge is 2.32. The number of nitrogens with zero attached hydrogens (tertiary/aromatic N) is 1. The predicted octanol–water partition coefficient (Wildman–Crippen LogP) is 4.29. The first-order chi connectivity index (χ1) is 16.5. The molecule has 1 amide bonds. The van der Waals surface area contributed by atoms with Crippen LogP contribution in [0, 0.1) is 29.1 Å². The SMILES string of the molecule is O=C(/C=C/c1ccc(CN(Cc2ccc(F)cc2)S(=O)(=O)c2cc(F)c(F)c(F)c2F)cc1)NO. The summed E-state index contributed by atoms with van der Waals surface area (Å²) in [7, 11) is -4.91. The lowest BCUT2D eigenvalue weighted by Crippen LogP contribution is -2.31. The number of nitrogens with one attached hydrogen (secondary N) is 1. The van der Waals surface area contributed by atoms with Crippen LogP contribution in [0.5, 0.6) is 0 Å². The van der Waals surface area contributed by atoms with E-state index < -0.39 is 63.0 Å². The first-order valence-electron chi connectivity index (χ1n) is 9.81. The molecule has 12 heteroatoms. The second-order valence-corrected chi connectivity index (χ2v) is 9.16. The molecule has 0 fully saturated rings. The Balaban J connectivity index is 1.99. The third-order valence-electron chi connectivity index (χ3n) is 4.84. The number of rotatable bonds is 8. The summed E-state index contributed by atoms with van der Waals surface area (Å²) >= 11 is 0. The molecule has 3 rings (SSSR count). The zero-order chi connectivity index (χ0) is 25.8. The maximum absolute atomic E-state index is 14.4. The van der Waals surface area contributed by atoms with Crippen LogP contribution in [0.2, 0.25) is 0 Å². The third-order valence-corrected chi connectivity index (χ3v) is 6.63. The number of carbonyl (C=O) groups is 1. The fraction of sp³-hybridized carbons (Fsp3) is 0.0870. The standard InChI is InChI=1S/C23H17F5N2O4S/c24-17-8-5-16(6-9-17)13-30(12-15-3-1-14(2-4-15)7-10-20(31)29-32)35(33,34)19-11-18(25)21(26)23(28)22(19)27/h1-11,32H,12-13H2,(H,29,31)/b10-7+. The Morgan fingerprint density at radius 3 is 1.94 bits per heavy atom. The minimum Gasteiger partial charge on any atom is -0.288 e. The highest BCUT2D eigenvalue weighted by molar-refractivity contribution is 7.89. The van der Waals surface area contributed by atoms with Gasteiger partial charge in [-0.25, -0.2) is 35.8 Å². The van der Waals surface area contributed by atoms with Gasteiger partial charge in [-0.3, -0.25) is 10.0 Å².